The van der Waals surface area contributed by atoms with Crippen molar-refractivity contribution in [1.82, 2.24) is 0 Å². The number of benzene rings is 1. The standard InChI is InChI=1S/C11H14BrNO/c1-7-5-4-6-8(2)10(7)13-9(3)11(12)14/h4-6,9,13H,1-3H3. The molecular formula is C11H14BrNO. The molecule has 0 amide bonds. The lowest BCUT2D eigenvalue weighted by molar-refractivity contribution is -0.110. The summed E-state index contributed by atoms with van der Waals surface area (Å²) in [5, 5.41) is 3.18. The molecule has 1 aromatic rings. The summed E-state index contributed by atoms with van der Waals surface area (Å²) in [4.78, 5) is 11.0. The van der Waals surface area contributed by atoms with E-state index in [2.05, 4.69) is 21.2 Å². The molecule has 0 bridgehead atoms. The molecule has 3 heteroatoms. The average Bonchev–Trinajstić information content (AvgIpc) is 2.11. The Morgan fingerprint density at radius 2 is 1.86 bits per heavy atom. The molecule has 1 N–H and O–H groups in total. The summed E-state index contributed by atoms with van der Waals surface area (Å²) in [6.07, 6.45) is 0. The van der Waals surface area contributed by atoms with Gasteiger partial charge in [-0.15, -0.1) is 0 Å². The van der Waals surface area contributed by atoms with Crippen LogP contribution in [-0.4, -0.2) is 10.7 Å². The molecule has 0 aliphatic rings. The Labute approximate surface area is 92.8 Å². The monoisotopic (exact) mass is 255 g/mol. The molecule has 0 fully saturated rings. The Balaban J connectivity index is 2.91. The van der Waals surface area contributed by atoms with E-state index in [1.807, 2.05) is 39.0 Å². The molecule has 1 rings (SSSR count). The van der Waals surface area contributed by atoms with E-state index >= 15 is 0 Å². The molecule has 1 unspecified atom stereocenters. The maximum atomic E-state index is 11.0. The summed E-state index contributed by atoms with van der Waals surface area (Å²) >= 11 is 2.94. The van der Waals surface area contributed by atoms with Crippen molar-refractivity contribution in [3.05, 3.63) is 29.3 Å². The zero-order chi connectivity index (χ0) is 10.7. The molecule has 0 aliphatic carbocycles. The quantitative estimate of drug-likeness (QED) is 0.842. The predicted molar refractivity (Wildman–Crippen MR) is 62.9 cm³/mol. The zero-order valence-corrected chi connectivity index (χ0v) is 10.2. The highest BCUT2D eigenvalue weighted by Crippen LogP contribution is 2.20. The molecule has 0 saturated carbocycles. The molecule has 0 saturated heterocycles. The van der Waals surface area contributed by atoms with E-state index in [9.17, 15) is 4.79 Å². The number of hydrogen-bond donors (Lipinski definition) is 1. The second-order valence-corrected chi connectivity index (χ2v) is 4.22. The number of para-hydroxylation sites is 1. The van der Waals surface area contributed by atoms with E-state index in [0.29, 0.717) is 0 Å². The van der Waals surface area contributed by atoms with Crippen LogP contribution < -0.4 is 5.32 Å². The van der Waals surface area contributed by atoms with Crippen molar-refractivity contribution in [3.63, 3.8) is 0 Å². The highest BCUT2D eigenvalue weighted by molar-refractivity contribution is 9.18. The van der Waals surface area contributed by atoms with Crippen LogP contribution in [0.15, 0.2) is 18.2 Å². The molecule has 0 aliphatic heterocycles. The van der Waals surface area contributed by atoms with Gasteiger partial charge in [-0.3, -0.25) is 4.79 Å². The topological polar surface area (TPSA) is 29.1 Å². The number of halogens is 1. The first kappa shape index (κ1) is 11.2. The van der Waals surface area contributed by atoms with Gasteiger partial charge in [0, 0.05) is 5.69 Å². The number of anilines is 1. The van der Waals surface area contributed by atoms with E-state index < -0.39 is 0 Å². The van der Waals surface area contributed by atoms with E-state index in [1.165, 1.54) is 0 Å². The van der Waals surface area contributed by atoms with Gasteiger partial charge < -0.3 is 5.32 Å². The van der Waals surface area contributed by atoms with Crippen LogP contribution in [0.25, 0.3) is 0 Å². The van der Waals surface area contributed by atoms with Gasteiger partial charge in [0.25, 0.3) is 0 Å². The molecule has 0 spiro atoms. The second kappa shape index (κ2) is 4.60. The summed E-state index contributed by atoms with van der Waals surface area (Å²) in [7, 11) is 0. The Morgan fingerprint density at radius 3 is 2.29 bits per heavy atom. The van der Waals surface area contributed by atoms with Crippen molar-refractivity contribution < 1.29 is 4.79 Å². The van der Waals surface area contributed by atoms with Crippen LogP contribution in [-0.2, 0) is 4.79 Å². The molecular weight excluding hydrogens is 242 g/mol. The third kappa shape index (κ3) is 2.58. The molecule has 1 atom stereocenters. The molecule has 0 radical (unpaired) electrons. The highest BCUT2D eigenvalue weighted by atomic mass is 79.9. The van der Waals surface area contributed by atoms with Gasteiger partial charge in [-0.2, -0.15) is 0 Å². The van der Waals surface area contributed by atoms with Gasteiger partial charge in [-0.1, -0.05) is 18.2 Å². The first-order valence-corrected chi connectivity index (χ1v) is 5.33. The van der Waals surface area contributed by atoms with Gasteiger partial charge in [-0.25, -0.2) is 0 Å². The van der Waals surface area contributed by atoms with Gasteiger partial charge in [0.2, 0.25) is 4.69 Å². The van der Waals surface area contributed by atoms with Gasteiger partial charge in [0.1, 0.15) is 0 Å². The van der Waals surface area contributed by atoms with Crippen molar-refractivity contribution in [3.8, 4) is 0 Å². The van der Waals surface area contributed by atoms with E-state index in [4.69, 9.17) is 0 Å². The summed E-state index contributed by atoms with van der Waals surface area (Å²) in [5.74, 6) is 0. The molecule has 0 aromatic heterocycles. The SMILES string of the molecule is Cc1cccc(C)c1NC(C)C(=O)Br. The van der Waals surface area contributed by atoms with E-state index in [-0.39, 0.29) is 10.7 Å². The van der Waals surface area contributed by atoms with Crippen LogP contribution in [0.3, 0.4) is 0 Å². The van der Waals surface area contributed by atoms with Crippen molar-refractivity contribution >= 4 is 26.3 Å². The maximum absolute atomic E-state index is 11.0. The fraction of sp³-hybridized carbons (Fsp3) is 0.364. The Hall–Kier alpha value is -0.830. The molecule has 76 valence electrons. The van der Waals surface area contributed by atoms with Crippen LogP contribution in [0, 0.1) is 13.8 Å². The third-order valence-corrected chi connectivity index (χ3v) is 2.87. The Morgan fingerprint density at radius 1 is 1.36 bits per heavy atom. The number of hydrogen-bond acceptors (Lipinski definition) is 2. The number of nitrogens with one attached hydrogen (secondary N) is 1. The average molecular weight is 256 g/mol. The normalized spacial score (nSPS) is 12.3. The van der Waals surface area contributed by atoms with Gasteiger partial charge in [0.15, 0.2) is 0 Å². The zero-order valence-electron chi connectivity index (χ0n) is 8.60. The van der Waals surface area contributed by atoms with Crippen molar-refractivity contribution in [2.24, 2.45) is 0 Å². The Kier molecular flexibility index (Phi) is 3.69. The van der Waals surface area contributed by atoms with E-state index in [0.717, 1.165) is 16.8 Å². The fourth-order valence-corrected chi connectivity index (χ4v) is 1.43. The lowest BCUT2D eigenvalue weighted by atomic mass is 10.1. The van der Waals surface area contributed by atoms with Gasteiger partial charge in [-0.05, 0) is 47.8 Å². The lowest BCUT2D eigenvalue weighted by Crippen LogP contribution is -2.22. The smallest absolute Gasteiger partial charge is 0.219 e. The van der Waals surface area contributed by atoms with E-state index in [1.54, 1.807) is 0 Å². The van der Waals surface area contributed by atoms with Crippen molar-refractivity contribution in [1.29, 1.82) is 0 Å². The fourth-order valence-electron chi connectivity index (χ4n) is 1.32. The lowest BCUT2D eigenvalue weighted by Gasteiger charge is -2.15. The minimum absolute atomic E-state index is 0.0276. The van der Waals surface area contributed by atoms with Crippen LogP contribution in [0.5, 0.6) is 0 Å². The maximum Gasteiger partial charge on any atom is 0.219 e. The van der Waals surface area contributed by atoms with Crippen molar-refractivity contribution in [2.75, 3.05) is 5.32 Å². The molecule has 2 nitrogen and oxygen atoms in total. The summed E-state index contributed by atoms with van der Waals surface area (Å²) in [6.45, 7) is 5.89. The molecule has 0 heterocycles. The predicted octanol–water partition coefficient (Wildman–Crippen LogP) is 3.03. The number of carbonyl (C=O) groups excluding carboxylic acids is 1. The second-order valence-electron chi connectivity index (χ2n) is 3.44. The third-order valence-electron chi connectivity index (χ3n) is 2.18. The van der Waals surface area contributed by atoms with Crippen LogP contribution >= 0.6 is 15.9 Å². The van der Waals surface area contributed by atoms with Gasteiger partial charge in [0.05, 0.1) is 6.04 Å². The van der Waals surface area contributed by atoms with Crippen LogP contribution in [0.1, 0.15) is 18.1 Å². The Bertz CT molecular complexity index is 329. The number of aryl methyl sites for hydroxylation is 2. The van der Waals surface area contributed by atoms with Crippen LogP contribution in [0.4, 0.5) is 5.69 Å². The summed E-state index contributed by atoms with van der Waals surface area (Å²) in [5.41, 5.74) is 3.36. The van der Waals surface area contributed by atoms with Crippen molar-refractivity contribution in [2.45, 2.75) is 26.8 Å². The highest BCUT2D eigenvalue weighted by Gasteiger charge is 2.10. The van der Waals surface area contributed by atoms with Gasteiger partial charge >= 0.3 is 0 Å². The first-order chi connectivity index (χ1) is 6.52. The van der Waals surface area contributed by atoms with Crippen LogP contribution in [0.2, 0.25) is 0 Å². The minimum atomic E-state index is -0.199. The summed E-state index contributed by atoms with van der Waals surface area (Å²) < 4.78 is -0.0276. The molecule has 1 aromatic carbocycles. The largest absolute Gasteiger partial charge is 0.374 e. The summed E-state index contributed by atoms with van der Waals surface area (Å²) in [6, 6.07) is 5.87. The minimum Gasteiger partial charge on any atom is -0.374 e. The molecule has 14 heavy (non-hydrogen) atoms. The number of rotatable bonds is 3. The number of carbonyl (C=O) groups is 1. The first-order valence-electron chi connectivity index (χ1n) is 4.54.